The second-order valence-electron chi connectivity index (χ2n) is 4.21. The van der Waals surface area contributed by atoms with Crippen LogP contribution in [0.4, 0.5) is 0 Å². The first-order chi connectivity index (χ1) is 7.24. The third kappa shape index (κ3) is 1.32. The lowest BCUT2D eigenvalue weighted by molar-refractivity contribution is 0.0987. The molecule has 0 spiro atoms. The molecular formula is C9H12N4O2. The van der Waals surface area contributed by atoms with Gasteiger partial charge in [-0.05, 0) is 19.3 Å². The van der Waals surface area contributed by atoms with Gasteiger partial charge in [-0.3, -0.25) is 4.79 Å². The number of hydrogen-bond acceptors (Lipinski definition) is 5. The van der Waals surface area contributed by atoms with E-state index in [1.54, 1.807) is 0 Å². The highest BCUT2D eigenvalue weighted by Gasteiger charge is 2.42. The van der Waals surface area contributed by atoms with Crippen molar-refractivity contribution in [3.8, 4) is 0 Å². The Bertz CT molecular complexity index is 403. The number of nitrogens with one attached hydrogen (secondary N) is 1. The average Bonchev–Trinajstić information content (AvgIpc) is 2.93. The predicted octanol–water partition coefficient (Wildman–Crippen LogP) is -0.224. The highest BCUT2D eigenvalue weighted by atomic mass is 16.5. The van der Waals surface area contributed by atoms with Crippen molar-refractivity contribution in [2.24, 2.45) is 5.73 Å². The molecule has 0 radical (unpaired) electrons. The second kappa shape index (κ2) is 3.03. The monoisotopic (exact) mass is 208 g/mol. The number of hydrogen-bond donors (Lipinski definition) is 2. The molecule has 3 heterocycles. The van der Waals surface area contributed by atoms with Gasteiger partial charge < -0.3 is 15.6 Å². The quantitative estimate of drug-likeness (QED) is 0.700. The molecule has 1 amide bonds. The van der Waals surface area contributed by atoms with Gasteiger partial charge in [0.15, 0.2) is 0 Å². The molecule has 1 aromatic heterocycles. The van der Waals surface area contributed by atoms with Crippen molar-refractivity contribution in [1.82, 2.24) is 15.5 Å². The summed E-state index contributed by atoms with van der Waals surface area (Å²) in [7, 11) is 0. The van der Waals surface area contributed by atoms with Gasteiger partial charge in [0, 0.05) is 12.1 Å². The molecule has 2 fully saturated rings. The van der Waals surface area contributed by atoms with Gasteiger partial charge in [-0.15, -0.1) is 0 Å². The molecule has 3 unspecified atom stereocenters. The highest BCUT2D eigenvalue weighted by molar-refractivity contribution is 5.88. The Morgan fingerprint density at radius 2 is 2.40 bits per heavy atom. The largest absolute Gasteiger partial charge is 0.363 e. The Morgan fingerprint density at radius 3 is 2.93 bits per heavy atom. The lowest BCUT2D eigenvalue weighted by atomic mass is 9.89. The van der Waals surface area contributed by atoms with Crippen molar-refractivity contribution < 1.29 is 9.32 Å². The number of nitrogens with zero attached hydrogens (tertiary/aromatic N) is 2. The van der Waals surface area contributed by atoms with E-state index >= 15 is 0 Å². The number of fused-ring (bicyclic) bond motifs is 2. The zero-order valence-electron chi connectivity index (χ0n) is 8.14. The zero-order chi connectivity index (χ0) is 10.4. The topological polar surface area (TPSA) is 94.0 Å². The van der Waals surface area contributed by atoms with E-state index in [1.807, 2.05) is 0 Å². The molecule has 2 aliphatic heterocycles. The van der Waals surface area contributed by atoms with Gasteiger partial charge in [0.1, 0.15) is 0 Å². The van der Waals surface area contributed by atoms with E-state index in [9.17, 15) is 4.79 Å². The SMILES string of the molecule is NC(=O)c1noc(C2CC3CCC2N3)n1. The molecule has 2 bridgehead atoms. The van der Waals surface area contributed by atoms with Gasteiger partial charge in [-0.1, -0.05) is 5.16 Å². The minimum Gasteiger partial charge on any atom is -0.363 e. The molecule has 0 saturated carbocycles. The normalized spacial score (nSPS) is 33.5. The molecular weight excluding hydrogens is 196 g/mol. The first-order valence-corrected chi connectivity index (χ1v) is 5.13. The van der Waals surface area contributed by atoms with Crippen LogP contribution < -0.4 is 11.1 Å². The summed E-state index contributed by atoms with van der Waals surface area (Å²) in [5, 5.41) is 7.03. The van der Waals surface area contributed by atoms with Crippen LogP contribution in [-0.4, -0.2) is 28.1 Å². The number of rotatable bonds is 2. The molecule has 3 N–H and O–H groups in total. The van der Waals surface area contributed by atoms with Crippen LogP contribution in [0.15, 0.2) is 4.52 Å². The molecule has 6 nitrogen and oxygen atoms in total. The predicted molar refractivity (Wildman–Crippen MR) is 50.1 cm³/mol. The molecule has 15 heavy (non-hydrogen) atoms. The maximum absolute atomic E-state index is 10.8. The van der Waals surface area contributed by atoms with Gasteiger partial charge in [0.05, 0.1) is 5.92 Å². The lowest BCUT2D eigenvalue weighted by Gasteiger charge is -2.15. The highest BCUT2D eigenvalue weighted by Crippen LogP contribution is 2.39. The number of nitrogens with two attached hydrogens (primary N) is 1. The van der Waals surface area contributed by atoms with Crippen molar-refractivity contribution >= 4 is 5.91 Å². The van der Waals surface area contributed by atoms with Gasteiger partial charge in [0.2, 0.25) is 5.89 Å². The lowest BCUT2D eigenvalue weighted by Crippen LogP contribution is -2.22. The molecule has 0 aromatic carbocycles. The van der Waals surface area contributed by atoms with E-state index in [0.29, 0.717) is 18.0 Å². The number of aromatic nitrogens is 2. The van der Waals surface area contributed by atoms with Crippen LogP contribution >= 0.6 is 0 Å². The Balaban J connectivity index is 1.84. The maximum atomic E-state index is 10.8. The van der Waals surface area contributed by atoms with E-state index < -0.39 is 5.91 Å². The van der Waals surface area contributed by atoms with Crippen LogP contribution in [-0.2, 0) is 0 Å². The Kier molecular flexibility index (Phi) is 1.79. The Labute approximate surface area is 86.2 Å². The van der Waals surface area contributed by atoms with Crippen molar-refractivity contribution in [2.75, 3.05) is 0 Å². The summed E-state index contributed by atoms with van der Waals surface area (Å²) in [6.07, 6.45) is 3.38. The third-order valence-electron chi connectivity index (χ3n) is 3.28. The zero-order valence-corrected chi connectivity index (χ0v) is 8.14. The Morgan fingerprint density at radius 1 is 1.53 bits per heavy atom. The van der Waals surface area contributed by atoms with Crippen molar-refractivity contribution in [2.45, 2.75) is 37.3 Å². The van der Waals surface area contributed by atoms with Crippen LogP contribution in [0, 0.1) is 0 Å². The molecule has 3 rings (SSSR count). The van der Waals surface area contributed by atoms with Crippen LogP contribution in [0.25, 0.3) is 0 Å². The molecule has 0 aliphatic carbocycles. The minimum absolute atomic E-state index is 0.0206. The van der Waals surface area contributed by atoms with Crippen molar-refractivity contribution in [3.05, 3.63) is 11.7 Å². The number of amides is 1. The molecule has 6 heteroatoms. The summed E-state index contributed by atoms with van der Waals surface area (Å²) in [6.45, 7) is 0. The molecule has 1 aromatic rings. The number of carbonyl (C=O) groups excluding carboxylic acids is 1. The first-order valence-electron chi connectivity index (χ1n) is 5.13. The standard InChI is InChI=1S/C9H12N4O2/c10-7(14)8-12-9(15-13-8)5-3-4-1-2-6(5)11-4/h4-6,11H,1-3H2,(H2,10,14). The van der Waals surface area contributed by atoms with Crippen LogP contribution in [0.3, 0.4) is 0 Å². The van der Waals surface area contributed by atoms with Crippen LogP contribution in [0.2, 0.25) is 0 Å². The van der Waals surface area contributed by atoms with E-state index in [-0.39, 0.29) is 11.7 Å². The first kappa shape index (κ1) is 8.84. The third-order valence-corrected chi connectivity index (χ3v) is 3.28. The summed E-state index contributed by atoms with van der Waals surface area (Å²) in [5.74, 6) is 0.140. The fourth-order valence-electron chi connectivity index (χ4n) is 2.58. The summed E-state index contributed by atoms with van der Waals surface area (Å²) in [5.41, 5.74) is 5.06. The molecule has 2 aliphatic rings. The Hall–Kier alpha value is -1.43. The van der Waals surface area contributed by atoms with Crippen molar-refractivity contribution in [3.63, 3.8) is 0 Å². The minimum atomic E-state index is -0.638. The fourth-order valence-corrected chi connectivity index (χ4v) is 2.58. The van der Waals surface area contributed by atoms with Gasteiger partial charge in [-0.2, -0.15) is 4.98 Å². The summed E-state index contributed by atoms with van der Waals surface area (Å²) < 4.78 is 5.06. The summed E-state index contributed by atoms with van der Waals surface area (Å²) in [6, 6.07) is 1.00. The van der Waals surface area contributed by atoms with Crippen LogP contribution in [0.1, 0.15) is 41.7 Å². The van der Waals surface area contributed by atoms with E-state index in [4.69, 9.17) is 10.3 Å². The summed E-state index contributed by atoms with van der Waals surface area (Å²) >= 11 is 0. The van der Waals surface area contributed by atoms with Gasteiger partial charge in [0.25, 0.3) is 11.7 Å². The number of carbonyl (C=O) groups is 1. The maximum Gasteiger partial charge on any atom is 0.290 e. The average molecular weight is 208 g/mol. The van der Waals surface area contributed by atoms with E-state index in [2.05, 4.69) is 15.5 Å². The van der Waals surface area contributed by atoms with Gasteiger partial charge in [-0.25, -0.2) is 0 Å². The smallest absolute Gasteiger partial charge is 0.290 e. The van der Waals surface area contributed by atoms with E-state index in [0.717, 1.165) is 12.8 Å². The summed E-state index contributed by atoms with van der Waals surface area (Å²) in [4.78, 5) is 14.8. The molecule has 2 saturated heterocycles. The molecule has 3 atom stereocenters. The second-order valence-corrected chi connectivity index (χ2v) is 4.21. The van der Waals surface area contributed by atoms with Crippen LogP contribution in [0.5, 0.6) is 0 Å². The molecule has 80 valence electrons. The fraction of sp³-hybridized carbons (Fsp3) is 0.667. The van der Waals surface area contributed by atoms with Gasteiger partial charge >= 0.3 is 0 Å². The van der Waals surface area contributed by atoms with Crippen molar-refractivity contribution in [1.29, 1.82) is 0 Å². The number of primary amides is 1. The van der Waals surface area contributed by atoms with E-state index in [1.165, 1.54) is 6.42 Å².